The van der Waals surface area contributed by atoms with Crippen LogP contribution in [0.1, 0.15) is 19.4 Å². The quantitative estimate of drug-likeness (QED) is 0.818. The standard InChI is InChI=1S/C15H24N2O4S/c1-11-6-8-14(9-7-11)17(22(5,19)20)13(3)15(18)16-12(2)10-21-4/h6-9,12-13H,10H2,1-5H3,(H,16,18)/t12-,13-/m0/s1. The number of aryl methyl sites for hydroxylation is 1. The summed E-state index contributed by atoms with van der Waals surface area (Å²) < 4.78 is 30.3. The number of methoxy groups -OCH3 is 1. The Bertz CT molecular complexity index is 598. The van der Waals surface area contributed by atoms with Gasteiger partial charge in [0.05, 0.1) is 18.6 Å². The molecule has 124 valence electrons. The van der Waals surface area contributed by atoms with E-state index in [2.05, 4.69) is 5.32 Å². The van der Waals surface area contributed by atoms with Crippen LogP contribution in [0.4, 0.5) is 5.69 Å². The SMILES string of the molecule is COC[C@H](C)NC(=O)[C@H](C)N(c1ccc(C)cc1)S(C)(=O)=O. The lowest BCUT2D eigenvalue weighted by molar-refractivity contribution is -0.122. The number of anilines is 1. The van der Waals surface area contributed by atoms with E-state index in [1.54, 1.807) is 33.1 Å². The van der Waals surface area contributed by atoms with Crippen molar-refractivity contribution in [2.24, 2.45) is 0 Å². The summed E-state index contributed by atoms with van der Waals surface area (Å²) in [5.41, 5.74) is 1.48. The molecule has 1 amide bonds. The highest BCUT2D eigenvalue weighted by atomic mass is 32.2. The van der Waals surface area contributed by atoms with Crippen molar-refractivity contribution >= 4 is 21.6 Å². The molecule has 0 saturated heterocycles. The molecule has 0 unspecified atom stereocenters. The van der Waals surface area contributed by atoms with Crippen LogP contribution in [0, 0.1) is 6.92 Å². The summed E-state index contributed by atoms with van der Waals surface area (Å²) in [6.45, 7) is 5.64. The number of nitrogens with one attached hydrogen (secondary N) is 1. The van der Waals surface area contributed by atoms with Gasteiger partial charge in [0.25, 0.3) is 0 Å². The largest absolute Gasteiger partial charge is 0.383 e. The van der Waals surface area contributed by atoms with Gasteiger partial charge in [-0.1, -0.05) is 17.7 Å². The summed E-state index contributed by atoms with van der Waals surface area (Å²) in [5.74, 6) is -0.365. The highest BCUT2D eigenvalue weighted by Gasteiger charge is 2.29. The Balaban J connectivity index is 3.02. The van der Waals surface area contributed by atoms with Crippen LogP contribution in [-0.4, -0.2) is 46.4 Å². The first-order chi connectivity index (χ1) is 10.2. The zero-order chi connectivity index (χ0) is 16.9. The Labute approximate surface area is 132 Å². The van der Waals surface area contributed by atoms with E-state index in [0.29, 0.717) is 12.3 Å². The van der Waals surface area contributed by atoms with Crippen LogP contribution in [0.5, 0.6) is 0 Å². The van der Waals surface area contributed by atoms with Gasteiger partial charge in [0.15, 0.2) is 0 Å². The lowest BCUT2D eigenvalue weighted by Crippen LogP contribution is -2.50. The number of carbonyl (C=O) groups is 1. The van der Waals surface area contributed by atoms with Crippen molar-refractivity contribution in [1.29, 1.82) is 0 Å². The Morgan fingerprint density at radius 3 is 2.27 bits per heavy atom. The fraction of sp³-hybridized carbons (Fsp3) is 0.533. The van der Waals surface area contributed by atoms with Crippen molar-refractivity contribution in [1.82, 2.24) is 5.32 Å². The number of ether oxygens (including phenoxy) is 1. The molecule has 0 fully saturated rings. The number of rotatable bonds is 7. The molecular weight excluding hydrogens is 304 g/mol. The maximum absolute atomic E-state index is 12.3. The maximum Gasteiger partial charge on any atom is 0.243 e. The second-order valence-electron chi connectivity index (χ2n) is 5.44. The van der Waals surface area contributed by atoms with Crippen LogP contribution in [-0.2, 0) is 19.6 Å². The Kier molecular flexibility index (Phi) is 6.37. The molecule has 0 aliphatic rings. The second kappa shape index (κ2) is 7.60. The van der Waals surface area contributed by atoms with E-state index < -0.39 is 16.1 Å². The minimum Gasteiger partial charge on any atom is -0.383 e. The summed E-state index contributed by atoms with van der Waals surface area (Å²) in [4.78, 5) is 12.3. The van der Waals surface area contributed by atoms with E-state index in [0.717, 1.165) is 16.1 Å². The number of amides is 1. The average molecular weight is 328 g/mol. The molecule has 6 nitrogen and oxygen atoms in total. The van der Waals surface area contributed by atoms with Gasteiger partial charge in [0.1, 0.15) is 6.04 Å². The molecule has 7 heteroatoms. The minimum absolute atomic E-state index is 0.195. The number of nitrogens with zero attached hydrogens (tertiary/aromatic N) is 1. The van der Waals surface area contributed by atoms with Gasteiger partial charge < -0.3 is 10.1 Å². The first-order valence-corrected chi connectivity index (χ1v) is 8.87. The summed E-state index contributed by atoms with van der Waals surface area (Å²) in [6, 6.07) is 5.96. The van der Waals surface area contributed by atoms with E-state index in [4.69, 9.17) is 4.74 Å². The van der Waals surface area contributed by atoms with Crippen molar-refractivity contribution in [3.63, 3.8) is 0 Å². The molecule has 2 atom stereocenters. The minimum atomic E-state index is -3.58. The summed E-state index contributed by atoms with van der Waals surface area (Å²) in [7, 11) is -2.04. The van der Waals surface area contributed by atoms with Gasteiger partial charge >= 0.3 is 0 Å². The average Bonchev–Trinajstić information content (AvgIpc) is 2.39. The lowest BCUT2D eigenvalue weighted by atomic mass is 10.2. The van der Waals surface area contributed by atoms with Gasteiger partial charge in [0, 0.05) is 13.2 Å². The van der Waals surface area contributed by atoms with E-state index in [-0.39, 0.29) is 11.9 Å². The first-order valence-electron chi connectivity index (χ1n) is 7.02. The molecule has 1 N–H and O–H groups in total. The predicted octanol–water partition coefficient (Wildman–Crippen LogP) is 1.30. The van der Waals surface area contributed by atoms with Gasteiger partial charge in [-0.3, -0.25) is 9.10 Å². The molecule has 0 aliphatic carbocycles. The number of carbonyl (C=O) groups excluding carboxylic acids is 1. The molecule has 0 saturated carbocycles. The molecule has 0 bridgehead atoms. The highest BCUT2D eigenvalue weighted by Crippen LogP contribution is 2.21. The van der Waals surface area contributed by atoms with Gasteiger partial charge in [-0.25, -0.2) is 8.42 Å². The highest BCUT2D eigenvalue weighted by molar-refractivity contribution is 7.92. The Hall–Kier alpha value is -1.60. The van der Waals surface area contributed by atoms with Gasteiger partial charge in [-0.05, 0) is 32.9 Å². The molecular formula is C15H24N2O4S. The topological polar surface area (TPSA) is 75.7 Å². The van der Waals surface area contributed by atoms with Crippen LogP contribution in [0.15, 0.2) is 24.3 Å². The van der Waals surface area contributed by atoms with Crippen LogP contribution in [0.25, 0.3) is 0 Å². The third-order valence-corrected chi connectivity index (χ3v) is 4.42. The third-order valence-electron chi connectivity index (χ3n) is 3.18. The molecule has 1 aromatic rings. The van der Waals surface area contributed by atoms with E-state index in [9.17, 15) is 13.2 Å². The van der Waals surface area contributed by atoms with Gasteiger partial charge in [0.2, 0.25) is 15.9 Å². The molecule has 0 heterocycles. The van der Waals surface area contributed by atoms with Crippen LogP contribution >= 0.6 is 0 Å². The zero-order valence-corrected chi connectivity index (χ0v) is 14.5. The predicted molar refractivity (Wildman–Crippen MR) is 87.4 cm³/mol. The number of hydrogen-bond donors (Lipinski definition) is 1. The van der Waals surface area contributed by atoms with Crippen molar-refractivity contribution < 1.29 is 17.9 Å². The second-order valence-corrected chi connectivity index (χ2v) is 7.29. The fourth-order valence-corrected chi connectivity index (χ4v) is 3.33. The monoisotopic (exact) mass is 328 g/mol. The summed E-state index contributed by atoms with van der Waals surface area (Å²) >= 11 is 0. The van der Waals surface area contributed by atoms with Crippen molar-refractivity contribution in [2.75, 3.05) is 24.3 Å². The molecule has 1 rings (SSSR count). The summed E-state index contributed by atoms with van der Waals surface area (Å²) in [6.07, 6.45) is 1.09. The summed E-state index contributed by atoms with van der Waals surface area (Å²) in [5, 5.41) is 2.74. The van der Waals surface area contributed by atoms with E-state index >= 15 is 0 Å². The van der Waals surface area contributed by atoms with Gasteiger partial charge in [-0.15, -0.1) is 0 Å². The van der Waals surface area contributed by atoms with Gasteiger partial charge in [-0.2, -0.15) is 0 Å². The Morgan fingerprint density at radius 1 is 1.27 bits per heavy atom. The van der Waals surface area contributed by atoms with Crippen LogP contribution < -0.4 is 9.62 Å². The number of benzene rings is 1. The number of sulfonamides is 1. The molecule has 0 radical (unpaired) electrons. The molecule has 22 heavy (non-hydrogen) atoms. The molecule has 0 aromatic heterocycles. The van der Waals surface area contributed by atoms with Crippen LogP contribution in [0.3, 0.4) is 0 Å². The van der Waals surface area contributed by atoms with Crippen molar-refractivity contribution in [3.05, 3.63) is 29.8 Å². The normalized spacial score (nSPS) is 14.2. The number of hydrogen-bond acceptors (Lipinski definition) is 4. The Morgan fingerprint density at radius 2 is 1.82 bits per heavy atom. The smallest absolute Gasteiger partial charge is 0.243 e. The zero-order valence-electron chi connectivity index (χ0n) is 13.7. The first kappa shape index (κ1) is 18.4. The van der Waals surface area contributed by atoms with Crippen molar-refractivity contribution in [3.8, 4) is 0 Å². The lowest BCUT2D eigenvalue weighted by Gasteiger charge is -2.29. The fourth-order valence-electron chi connectivity index (χ4n) is 2.16. The molecule has 1 aromatic carbocycles. The third kappa shape index (κ3) is 4.99. The molecule has 0 aliphatic heterocycles. The van der Waals surface area contributed by atoms with Crippen molar-refractivity contribution in [2.45, 2.75) is 32.9 Å². The van der Waals surface area contributed by atoms with E-state index in [1.807, 2.05) is 19.1 Å². The molecule has 0 spiro atoms. The maximum atomic E-state index is 12.3. The van der Waals surface area contributed by atoms with E-state index in [1.165, 1.54) is 0 Å². The van der Waals surface area contributed by atoms with Crippen LogP contribution in [0.2, 0.25) is 0 Å².